The van der Waals surface area contributed by atoms with Gasteiger partial charge >= 0.3 is 0 Å². The molecule has 0 bridgehead atoms. The highest BCUT2D eigenvalue weighted by atomic mass is 32.1. The minimum Gasteiger partial charge on any atom is -0.370 e. The third-order valence-corrected chi connectivity index (χ3v) is 5.44. The average molecular weight is 366 g/mol. The van der Waals surface area contributed by atoms with Crippen LogP contribution in [0.3, 0.4) is 0 Å². The van der Waals surface area contributed by atoms with Crippen molar-refractivity contribution in [3.8, 4) is 0 Å². The van der Waals surface area contributed by atoms with E-state index in [2.05, 4.69) is 92.3 Å². The van der Waals surface area contributed by atoms with Crippen LogP contribution in [0, 0.1) is 11.3 Å². The van der Waals surface area contributed by atoms with Gasteiger partial charge in [-0.25, -0.2) is 0 Å². The molecule has 0 aliphatic carbocycles. The number of benzene rings is 1. The molecule has 0 saturated heterocycles. The fraction of sp³-hybridized carbons (Fsp3) is 0.727. The van der Waals surface area contributed by atoms with E-state index < -0.39 is 4.87 Å². The van der Waals surface area contributed by atoms with Crippen molar-refractivity contribution >= 4 is 12.6 Å². The molecule has 2 N–H and O–H groups in total. The molecule has 0 aliphatic rings. The van der Waals surface area contributed by atoms with Crippen LogP contribution >= 0.6 is 12.6 Å². The molecule has 0 heterocycles. The van der Waals surface area contributed by atoms with Crippen molar-refractivity contribution in [2.45, 2.75) is 84.6 Å². The van der Waals surface area contributed by atoms with Gasteiger partial charge in [0.1, 0.15) is 0 Å². The van der Waals surface area contributed by atoms with Crippen LogP contribution in [0.15, 0.2) is 24.3 Å². The Morgan fingerprint density at radius 2 is 1.52 bits per heavy atom. The van der Waals surface area contributed by atoms with E-state index in [1.165, 1.54) is 11.1 Å². The maximum atomic E-state index is 6.24. The number of rotatable bonds is 7. The topological polar surface area (TPSA) is 35.2 Å². The molecule has 2 unspecified atom stereocenters. The van der Waals surface area contributed by atoms with Crippen LogP contribution in [0.1, 0.15) is 79.9 Å². The molecule has 25 heavy (non-hydrogen) atoms. The van der Waals surface area contributed by atoms with Crippen molar-refractivity contribution < 1.29 is 4.74 Å². The predicted molar refractivity (Wildman–Crippen MR) is 113 cm³/mol. The SMILES string of the molecule is CC(COC(C)(C)c1cccc(C(C)(C)CC(C)(C)C)c1)C(C)(N)S. The minimum absolute atomic E-state index is 0.124. The van der Waals surface area contributed by atoms with Gasteiger partial charge in [-0.2, -0.15) is 12.6 Å². The molecule has 1 aromatic rings. The van der Waals surface area contributed by atoms with Gasteiger partial charge in [0.05, 0.1) is 17.1 Å². The monoisotopic (exact) mass is 365 g/mol. The van der Waals surface area contributed by atoms with E-state index >= 15 is 0 Å². The summed E-state index contributed by atoms with van der Waals surface area (Å²) in [6.07, 6.45) is 1.13. The van der Waals surface area contributed by atoms with Crippen molar-refractivity contribution in [3.63, 3.8) is 0 Å². The van der Waals surface area contributed by atoms with Crippen LogP contribution in [0.2, 0.25) is 0 Å². The minimum atomic E-state index is -0.535. The van der Waals surface area contributed by atoms with Gasteiger partial charge in [-0.15, -0.1) is 0 Å². The zero-order valence-electron chi connectivity index (χ0n) is 17.7. The Labute approximate surface area is 161 Å². The fourth-order valence-electron chi connectivity index (χ4n) is 3.33. The van der Waals surface area contributed by atoms with E-state index in [0.29, 0.717) is 12.0 Å². The fourth-order valence-corrected chi connectivity index (χ4v) is 3.40. The Bertz CT molecular complexity index is 564. The van der Waals surface area contributed by atoms with E-state index in [-0.39, 0.29) is 16.9 Å². The lowest BCUT2D eigenvalue weighted by atomic mass is 9.72. The zero-order valence-corrected chi connectivity index (χ0v) is 18.6. The van der Waals surface area contributed by atoms with Gasteiger partial charge in [0.15, 0.2) is 0 Å². The standard InChI is InChI=1S/C22H39NOS/c1-16(22(9,23)25)14-24-21(7,8)18-12-10-11-17(13-18)20(5,6)15-19(2,3)4/h10-13,16,25H,14-15,23H2,1-9H3. The second kappa shape index (κ2) is 7.62. The number of hydrogen-bond acceptors (Lipinski definition) is 3. The Morgan fingerprint density at radius 3 is 2.00 bits per heavy atom. The van der Waals surface area contributed by atoms with Gasteiger partial charge in [0.25, 0.3) is 0 Å². The molecule has 1 rings (SSSR count). The molecule has 0 spiro atoms. The smallest absolute Gasteiger partial charge is 0.0875 e. The lowest BCUT2D eigenvalue weighted by Crippen LogP contribution is -2.40. The maximum Gasteiger partial charge on any atom is 0.0875 e. The lowest BCUT2D eigenvalue weighted by molar-refractivity contribution is -0.0414. The van der Waals surface area contributed by atoms with E-state index in [4.69, 9.17) is 10.5 Å². The number of nitrogens with two attached hydrogens (primary N) is 1. The first-order chi connectivity index (χ1) is 11.0. The van der Waals surface area contributed by atoms with Crippen molar-refractivity contribution in [3.05, 3.63) is 35.4 Å². The Balaban J connectivity index is 2.99. The lowest BCUT2D eigenvalue weighted by Gasteiger charge is -2.35. The summed E-state index contributed by atoms with van der Waals surface area (Å²) < 4.78 is 6.24. The van der Waals surface area contributed by atoms with Crippen LogP contribution in [0.4, 0.5) is 0 Å². The molecule has 1 aromatic carbocycles. The summed E-state index contributed by atoms with van der Waals surface area (Å²) in [5.41, 5.74) is 8.69. The summed E-state index contributed by atoms with van der Waals surface area (Å²) in [5, 5.41) is 0. The summed E-state index contributed by atoms with van der Waals surface area (Å²) in [5.74, 6) is 0.163. The second-order valence-electron chi connectivity index (χ2n) is 10.2. The third kappa shape index (κ3) is 6.96. The molecule has 0 saturated carbocycles. The Kier molecular flexibility index (Phi) is 6.87. The number of thiol groups is 1. The molecule has 2 nitrogen and oxygen atoms in total. The molecule has 0 aromatic heterocycles. The summed E-state index contributed by atoms with van der Waals surface area (Å²) in [7, 11) is 0. The molecule has 0 aliphatic heterocycles. The van der Waals surface area contributed by atoms with E-state index in [0.717, 1.165) is 6.42 Å². The van der Waals surface area contributed by atoms with Gasteiger partial charge in [0, 0.05) is 5.92 Å². The van der Waals surface area contributed by atoms with E-state index in [1.54, 1.807) is 0 Å². The van der Waals surface area contributed by atoms with Crippen LogP contribution in [-0.2, 0) is 15.8 Å². The molecular formula is C22H39NOS. The van der Waals surface area contributed by atoms with Gasteiger partial charge in [-0.1, -0.05) is 65.8 Å². The normalized spacial score (nSPS) is 17.2. The number of hydrogen-bond donors (Lipinski definition) is 2. The summed E-state index contributed by atoms with van der Waals surface area (Å²) in [4.78, 5) is -0.535. The highest BCUT2D eigenvalue weighted by Gasteiger charge is 2.30. The summed E-state index contributed by atoms with van der Waals surface area (Å²) in [6, 6.07) is 8.84. The molecular weight excluding hydrogens is 326 g/mol. The Hall–Kier alpha value is -0.510. The van der Waals surface area contributed by atoms with Crippen molar-refractivity contribution in [1.29, 1.82) is 0 Å². The van der Waals surface area contributed by atoms with Crippen molar-refractivity contribution in [2.75, 3.05) is 6.61 Å². The van der Waals surface area contributed by atoms with Crippen LogP contribution < -0.4 is 5.73 Å². The molecule has 3 heteroatoms. The third-order valence-electron chi connectivity index (χ3n) is 5.00. The quantitative estimate of drug-likeness (QED) is 0.466. The van der Waals surface area contributed by atoms with Crippen molar-refractivity contribution in [1.82, 2.24) is 0 Å². The first-order valence-corrected chi connectivity index (χ1v) is 9.76. The molecule has 0 fully saturated rings. The van der Waals surface area contributed by atoms with Gasteiger partial charge in [-0.05, 0) is 49.1 Å². The predicted octanol–water partition coefficient (Wildman–Crippen LogP) is 5.89. The van der Waals surface area contributed by atoms with E-state index in [9.17, 15) is 0 Å². The van der Waals surface area contributed by atoms with E-state index in [1.807, 2.05) is 6.92 Å². The zero-order chi connectivity index (χ0) is 19.7. The summed E-state index contributed by atoms with van der Waals surface area (Å²) in [6.45, 7) is 20.4. The molecule has 144 valence electrons. The Morgan fingerprint density at radius 1 is 1.00 bits per heavy atom. The van der Waals surface area contributed by atoms with Crippen molar-refractivity contribution in [2.24, 2.45) is 17.1 Å². The first kappa shape index (κ1) is 22.5. The van der Waals surface area contributed by atoms with Gasteiger partial charge in [-0.3, -0.25) is 0 Å². The van der Waals surface area contributed by atoms with Gasteiger partial charge < -0.3 is 10.5 Å². The first-order valence-electron chi connectivity index (χ1n) is 9.31. The number of ether oxygens (including phenoxy) is 1. The second-order valence-corrected chi connectivity index (χ2v) is 11.1. The molecule has 2 atom stereocenters. The molecule has 0 amide bonds. The summed E-state index contributed by atoms with van der Waals surface area (Å²) >= 11 is 4.46. The van der Waals surface area contributed by atoms with Gasteiger partial charge in [0.2, 0.25) is 0 Å². The largest absolute Gasteiger partial charge is 0.370 e. The highest BCUT2D eigenvalue weighted by Crippen LogP contribution is 2.38. The van der Waals surface area contributed by atoms with Crippen LogP contribution in [0.25, 0.3) is 0 Å². The molecule has 0 radical (unpaired) electrons. The average Bonchev–Trinajstić information content (AvgIpc) is 2.41. The van der Waals surface area contributed by atoms with Crippen LogP contribution in [-0.4, -0.2) is 11.5 Å². The highest BCUT2D eigenvalue weighted by molar-refractivity contribution is 7.81. The van der Waals surface area contributed by atoms with Crippen LogP contribution in [0.5, 0.6) is 0 Å². The maximum absolute atomic E-state index is 6.24.